The van der Waals surface area contributed by atoms with Crippen LogP contribution in [0, 0.1) is 0 Å². The van der Waals surface area contributed by atoms with Crippen LogP contribution >= 0.6 is 0 Å². The quantitative estimate of drug-likeness (QED) is 0.873. The molecule has 2 amide bonds. The Morgan fingerprint density at radius 2 is 1.96 bits per heavy atom. The van der Waals surface area contributed by atoms with Crippen molar-refractivity contribution < 1.29 is 22.8 Å². The van der Waals surface area contributed by atoms with Gasteiger partial charge < -0.3 is 15.2 Å². The number of aromatic nitrogens is 1. The van der Waals surface area contributed by atoms with E-state index < -0.39 is 31.1 Å². The summed E-state index contributed by atoms with van der Waals surface area (Å²) in [5, 5.41) is 2.76. The molecule has 140 valence electrons. The first kappa shape index (κ1) is 18.3. The molecule has 5 nitrogen and oxygen atoms in total. The van der Waals surface area contributed by atoms with Crippen LogP contribution in [0.4, 0.5) is 13.2 Å². The Morgan fingerprint density at radius 1 is 1.23 bits per heavy atom. The molecule has 0 fully saturated rings. The Kier molecular flexibility index (Phi) is 4.93. The summed E-state index contributed by atoms with van der Waals surface area (Å²) >= 11 is 0. The molecule has 1 aliphatic rings. The zero-order chi connectivity index (χ0) is 18.9. The highest BCUT2D eigenvalue weighted by Gasteiger charge is 2.28. The Balaban J connectivity index is 1.71. The van der Waals surface area contributed by atoms with E-state index in [1.807, 2.05) is 6.07 Å². The second-order valence-corrected chi connectivity index (χ2v) is 6.60. The van der Waals surface area contributed by atoms with Gasteiger partial charge in [0.2, 0.25) is 5.91 Å². The van der Waals surface area contributed by atoms with Crippen molar-refractivity contribution in [3.8, 4) is 0 Å². The normalized spacial score (nSPS) is 14.2. The number of carbonyl (C=O) groups excluding carboxylic acids is 2. The largest absolute Gasteiger partial charge is 0.405 e. The van der Waals surface area contributed by atoms with Gasteiger partial charge in [-0.2, -0.15) is 13.2 Å². The molecule has 0 aliphatic heterocycles. The van der Waals surface area contributed by atoms with Crippen molar-refractivity contribution in [3.05, 3.63) is 35.0 Å². The van der Waals surface area contributed by atoms with Gasteiger partial charge in [0.15, 0.2) is 0 Å². The number of aryl methyl sites for hydroxylation is 2. The molecule has 1 heterocycles. The van der Waals surface area contributed by atoms with Crippen molar-refractivity contribution in [2.45, 2.75) is 31.9 Å². The molecular formula is C18H20F3N3O2. The highest BCUT2D eigenvalue weighted by atomic mass is 19.4. The molecule has 0 spiro atoms. The van der Waals surface area contributed by atoms with Gasteiger partial charge in [-0.3, -0.25) is 9.59 Å². The number of benzene rings is 1. The van der Waals surface area contributed by atoms with E-state index in [4.69, 9.17) is 0 Å². The topological polar surface area (TPSA) is 65.2 Å². The molecule has 2 aromatic rings. The summed E-state index contributed by atoms with van der Waals surface area (Å²) in [6.45, 7) is -1.84. The summed E-state index contributed by atoms with van der Waals surface area (Å²) in [6.07, 6.45) is -0.273. The van der Waals surface area contributed by atoms with Crippen LogP contribution in [0.25, 0.3) is 10.9 Å². The third kappa shape index (κ3) is 4.00. The SMILES string of the molecule is CN(CC(=O)NCC(F)(F)F)C(=O)c1ccc2[nH]c3c(c2c1)CCCC3. The first-order valence-electron chi connectivity index (χ1n) is 8.47. The number of fused-ring (bicyclic) bond motifs is 3. The number of aromatic amines is 1. The van der Waals surface area contributed by atoms with Gasteiger partial charge >= 0.3 is 6.18 Å². The average molecular weight is 367 g/mol. The first-order valence-corrected chi connectivity index (χ1v) is 8.47. The van der Waals surface area contributed by atoms with E-state index in [1.165, 1.54) is 18.3 Å². The number of halogens is 3. The monoisotopic (exact) mass is 367 g/mol. The smallest absolute Gasteiger partial charge is 0.358 e. The third-order valence-corrected chi connectivity index (χ3v) is 4.56. The highest BCUT2D eigenvalue weighted by molar-refractivity contribution is 6.00. The van der Waals surface area contributed by atoms with E-state index in [1.54, 1.807) is 17.4 Å². The molecule has 3 rings (SSSR count). The predicted octanol–water partition coefficient (Wildman–Crippen LogP) is 2.80. The lowest BCUT2D eigenvalue weighted by Crippen LogP contribution is -2.41. The molecule has 2 N–H and O–H groups in total. The number of carbonyl (C=O) groups is 2. The molecule has 8 heteroatoms. The second-order valence-electron chi connectivity index (χ2n) is 6.60. The van der Waals surface area contributed by atoms with Gasteiger partial charge in [0.1, 0.15) is 6.54 Å². The van der Waals surface area contributed by atoms with Gasteiger partial charge in [0.25, 0.3) is 5.91 Å². The summed E-state index contributed by atoms with van der Waals surface area (Å²) in [6, 6.07) is 5.29. The lowest BCUT2D eigenvalue weighted by atomic mass is 9.95. The molecular weight excluding hydrogens is 347 g/mol. The maximum Gasteiger partial charge on any atom is 0.405 e. The number of alkyl halides is 3. The van der Waals surface area contributed by atoms with E-state index in [2.05, 4.69) is 4.98 Å². The predicted molar refractivity (Wildman–Crippen MR) is 91.0 cm³/mol. The number of H-pyrrole nitrogens is 1. The van der Waals surface area contributed by atoms with E-state index in [0.29, 0.717) is 5.56 Å². The fraction of sp³-hybridized carbons (Fsp3) is 0.444. The molecule has 0 bridgehead atoms. The van der Waals surface area contributed by atoms with Crippen molar-refractivity contribution >= 4 is 22.7 Å². The molecule has 0 radical (unpaired) electrons. The molecule has 1 aliphatic carbocycles. The minimum atomic E-state index is -4.48. The minimum absolute atomic E-state index is 0.403. The summed E-state index contributed by atoms with van der Waals surface area (Å²) in [5.74, 6) is -1.25. The van der Waals surface area contributed by atoms with Gasteiger partial charge in [-0.15, -0.1) is 0 Å². The summed E-state index contributed by atoms with van der Waals surface area (Å²) in [4.78, 5) is 28.6. The number of rotatable bonds is 4. The van der Waals surface area contributed by atoms with Gasteiger partial charge in [0.05, 0.1) is 6.54 Å². The zero-order valence-corrected chi connectivity index (χ0v) is 14.4. The standard InChI is InChI=1S/C18H20F3N3O2/c1-24(9-16(25)22-10-18(19,20)21)17(26)11-6-7-15-13(8-11)12-4-2-3-5-14(12)23-15/h6-8,23H,2-5,9-10H2,1H3,(H,22,25). The Labute approximate surface area is 148 Å². The number of nitrogens with zero attached hydrogens (tertiary/aromatic N) is 1. The van der Waals surface area contributed by atoms with Crippen LogP contribution in [0.1, 0.15) is 34.5 Å². The third-order valence-electron chi connectivity index (χ3n) is 4.56. The maximum atomic E-state index is 12.5. The number of likely N-dealkylation sites (N-methyl/N-ethyl adjacent to an activating group) is 1. The van der Waals surface area contributed by atoms with E-state index in [0.717, 1.165) is 41.5 Å². The van der Waals surface area contributed by atoms with Crippen LogP contribution in [-0.2, 0) is 17.6 Å². The molecule has 1 aromatic heterocycles. The number of nitrogens with one attached hydrogen (secondary N) is 2. The lowest BCUT2D eigenvalue weighted by molar-refractivity contribution is -0.138. The first-order chi connectivity index (χ1) is 12.2. The van der Waals surface area contributed by atoms with Crippen molar-refractivity contribution in [1.82, 2.24) is 15.2 Å². The molecule has 26 heavy (non-hydrogen) atoms. The maximum absolute atomic E-state index is 12.5. The van der Waals surface area contributed by atoms with Crippen LogP contribution in [0.3, 0.4) is 0 Å². The van der Waals surface area contributed by atoms with Crippen molar-refractivity contribution in [1.29, 1.82) is 0 Å². The van der Waals surface area contributed by atoms with Crippen LogP contribution < -0.4 is 5.32 Å². The minimum Gasteiger partial charge on any atom is -0.358 e. The van der Waals surface area contributed by atoms with Gasteiger partial charge in [-0.05, 0) is 49.4 Å². The Hall–Kier alpha value is -2.51. The molecule has 1 aromatic carbocycles. The highest BCUT2D eigenvalue weighted by Crippen LogP contribution is 2.29. The molecule has 0 saturated carbocycles. The van der Waals surface area contributed by atoms with Gasteiger partial charge in [-0.1, -0.05) is 0 Å². The van der Waals surface area contributed by atoms with Crippen LogP contribution in [-0.4, -0.2) is 48.0 Å². The van der Waals surface area contributed by atoms with Crippen molar-refractivity contribution in [2.24, 2.45) is 0 Å². The summed E-state index contributed by atoms with van der Waals surface area (Å²) in [7, 11) is 1.40. The Morgan fingerprint density at radius 3 is 2.69 bits per heavy atom. The number of hydrogen-bond acceptors (Lipinski definition) is 2. The summed E-state index contributed by atoms with van der Waals surface area (Å²) < 4.78 is 36.4. The molecule has 0 saturated heterocycles. The van der Waals surface area contributed by atoms with E-state index in [-0.39, 0.29) is 0 Å². The zero-order valence-electron chi connectivity index (χ0n) is 14.4. The van der Waals surface area contributed by atoms with Gasteiger partial charge in [-0.25, -0.2) is 0 Å². The fourth-order valence-corrected chi connectivity index (χ4v) is 3.30. The van der Waals surface area contributed by atoms with Gasteiger partial charge in [0, 0.05) is 29.2 Å². The van der Waals surface area contributed by atoms with E-state index in [9.17, 15) is 22.8 Å². The molecule has 0 unspecified atom stereocenters. The Bertz CT molecular complexity index is 842. The van der Waals surface area contributed by atoms with Crippen LogP contribution in [0.2, 0.25) is 0 Å². The average Bonchev–Trinajstić information content (AvgIpc) is 2.96. The fourth-order valence-electron chi connectivity index (χ4n) is 3.30. The molecule has 0 atom stereocenters. The number of hydrogen-bond donors (Lipinski definition) is 2. The van der Waals surface area contributed by atoms with Crippen LogP contribution in [0.5, 0.6) is 0 Å². The van der Waals surface area contributed by atoms with E-state index >= 15 is 0 Å². The second kappa shape index (κ2) is 7.01. The van der Waals surface area contributed by atoms with Crippen molar-refractivity contribution in [3.63, 3.8) is 0 Å². The van der Waals surface area contributed by atoms with Crippen LogP contribution in [0.15, 0.2) is 18.2 Å². The lowest BCUT2D eigenvalue weighted by Gasteiger charge is -2.17. The van der Waals surface area contributed by atoms with Crippen molar-refractivity contribution in [2.75, 3.05) is 20.1 Å². The summed E-state index contributed by atoms with van der Waals surface area (Å²) in [5.41, 5.74) is 3.82. The number of amides is 2.